The van der Waals surface area contributed by atoms with Crippen molar-refractivity contribution in [1.82, 2.24) is 10.4 Å². The third-order valence-corrected chi connectivity index (χ3v) is 5.52. The number of nitrogens with one attached hydrogen (secondary N) is 1. The van der Waals surface area contributed by atoms with E-state index in [1.165, 1.54) is 23.5 Å². The monoisotopic (exact) mass is 502 g/mol. The van der Waals surface area contributed by atoms with E-state index in [-0.39, 0.29) is 6.07 Å². The van der Waals surface area contributed by atoms with Crippen molar-refractivity contribution in [2.45, 2.75) is 37.8 Å². The first-order valence-electron chi connectivity index (χ1n) is 10.2. The molecule has 0 saturated heterocycles. The van der Waals surface area contributed by atoms with E-state index in [0.29, 0.717) is 30.5 Å². The summed E-state index contributed by atoms with van der Waals surface area (Å²) in [6, 6.07) is 5.86. The Morgan fingerprint density at radius 3 is 2.29 bits per heavy atom. The minimum atomic E-state index is -5.01. The van der Waals surface area contributed by atoms with E-state index in [9.17, 15) is 35.9 Å². The van der Waals surface area contributed by atoms with Crippen LogP contribution in [-0.2, 0) is 34.9 Å². The molecule has 0 spiro atoms. The molecule has 6 nitrogen and oxygen atoms in total. The number of hydrogen-bond acceptors (Lipinski definition) is 4. The molecule has 0 fully saturated rings. The Balaban J connectivity index is 1.75. The standard InChI is InChI=1S/C23H20F6N2O4/c1-31(19-6-5-15-4-2-13(10-18(15)19)3-7-20(32)30-34)21(33)35-12-14-8-16(22(24,25)26)11-17(9-14)23(27,28)29/h2-4,7-11,19,34H,5-6,12H2,1H3,(H,30,32)/b7-3+. The fraction of sp³-hybridized carbons (Fsp3) is 0.304. The number of alkyl halides is 6. The average Bonchev–Trinajstić information content (AvgIpc) is 3.22. The van der Waals surface area contributed by atoms with Crippen molar-refractivity contribution >= 4 is 18.1 Å². The lowest BCUT2D eigenvalue weighted by Gasteiger charge is -2.25. The van der Waals surface area contributed by atoms with Gasteiger partial charge in [-0.2, -0.15) is 26.3 Å². The lowest BCUT2D eigenvalue weighted by molar-refractivity contribution is -0.143. The molecular weight excluding hydrogens is 482 g/mol. The summed E-state index contributed by atoms with van der Waals surface area (Å²) in [6.07, 6.45) is -7.23. The third-order valence-electron chi connectivity index (χ3n) is 5.52. The van der Waals surface area contributed by atoms with Crippen LogP contribution in [-0.4, -0.2) is 29.2 Å². The lowest BCUT2D eigenvalue weighted by atomic mass is 10.0. The molecule has 12 heteroatoms. The Morgan fingerprint density at radius 2 is 1.71 bits per heavy atom. The first kappa shape index (κ1) is 26.1. The van der Waals surface area contributed by atoms with Crippen molar-refractivity contribution in [3.05, 3.63) is 75.9 Å². The summed E-state index contributed by atoms with van der Waals surface area (Å²) in [5, 5.41) is 8.57. The Labute approximate surface area is 195 Å². The second-order valence-electron chi connectivity index (χ2n) is 7.90. The molecule has 0 aromatic heterocycles. The highest BCUT2D eigenvalue weighted by molar-refractivity contribution is 5.90. The molecule has 2 aromatic rings. The summed E-state index contributed by atoms with van der Waals surface area (Å²) >= 11 is 0. The molecule has 3 rings (SSSR count). The van der Waals surface area contributed by atoms with Crippen LogP contribution in [0, 0.1) is 0 Å². The van der Waals surface area contributed by atoms with E-state index in [2.05, 4.69) is 0 Å². The van der Waals surface area contributed by atoms with Crippen LogP contribution >= 0.6 is 0 Å². The van der Waals surface area contributed by atoms with Crippen molar-refractivity contribution in [3.8, 4) is 0 Å². The summed E-state index contributed by atoms with van der Waals surface area (Å²) in [5.41, 5.74) is 0.335. The van der Waals surface area contributed by atoms with Crippen molar-refractivity contribution in [1.29, 1.82) is 0 Å². The molecule has 2 N–H and O–H groups in total. The number of amides is 2. The van der Waals surface area contributed by atoms with Gasteiger partial charge in [0, 0.05) is 13.1 Å². The Kier molecular flexibility index (Phi) is 7.44. The van der Waals surface area contributed by atoms with Gasteiger partial charge in [0.15, 0.2) is 0 Å². The highest BCUT2D eigenvalue weighted by Crippen LogP contribution is 2.38. The van der Waals surface area contributed by atoms with E-state index >= 15 is 0 Å². The van der Waals surface area contributed by atoms with E-state index < -0.39 is 53.7 Å². The second kappa shape index (κ2) is 9.98. The number of fused-ring (bicyclic) bond motifs is 1. The number of carbonyl (C=O) groups excluding carboxylic acids is 2. The van der Waals surface area contributed by atoms with Gasteiger partial charge in [0.1, 0.15) is 6.61 Å². The molecule has 0 saturated carbocycles. The summed E-state index contributed by atoms with van der Waals surface area (Å²) in [6.45, 7) is -0.783. The predicted octanol–water partition coefficient (Wildman–Crippen LogP) is 5.50. The van der Waals surface area contributed by atoms with Crippen LogP contribution in [0.15, 0.2) is 42.5 Å². The normalized spacial score (nSPS) is 15.7. The zero-order chi connectivity index (χ0) is 26.0. The zero-order valence-corrected chi connectivity index (χ0v) is 18.2. The maximum Gasteiger partial charge on any atom is 0.416 e. The first-order chi connectivity index (χ1) is 16.3. The van der Waals surface area contributed by atoms with Gasteiger partial charge >= 0.3 is 18.4 Å². The molecule has 1 unspecified atom stereocenters. The maximum atomic E-state index is 13.0. The number of nitrogens with zero attached hydrogens (tertiary/aromatic N) is 1. The van der Waals surface area contributed by atoms with Crippen LogP contribution in [0.1, 0.15) is 45.8 Å². The van der Waals surface area contributed by atoms with Gasteiger partial charge in [-0.15, -0.1) is 0 Å². The second-order valence-corrected chi connectivity index (χ2v) is 7.90. The van der Waals surface area contributed by atoms with Gasteiger partial charge in [0.2, 0.25) is 0 Å². The smallest absolute Gasteiger partial charge is 0.416 e. The number of carbonyl (C=O) groups is 2. The largest absolute Gasteiger partial charge is 0.445 e. The van der Waals surface area contributed by atoms with Crippen molar-refractivity contribution in [2.24, 2.45) is 0 Å². The number of aryl methyl sites for hydroxylation is 1. The maximum absolute atomic E-state index is 13.0. The molecule has 0 radical (unpaired) electrons. The third kappa shape index (κ3) is 6.32. The van der Waals surface area contributed by atoms with Crippen LogP contribution in [0.2, 0.25) is 0 Å². The highest BCUT2D eigenvalue weighted by Gasteiger charge is 2.37. The fourth-order valence-corrected chi connectivity index (χ4v) is 3.79. The van der Waals surface area contributed by atoms with E-state index in [1.807, 2.05) is 6.07 Å². The van der Waals surface area contributed by atoms with Gasteiger partial charge in [0.25, 0.3) is 5.91 Å². The van der Waals surface area contributed by atoms with Crippen LogP contribution in [0.5, 0.6) is 0 Å². The number of halogens is 6. The van der Waals surface area contributed by atoms with E-state index in [1.54, 1.807) is 12.1 Å². The molecule has 188 valence electrons. The number of rotatable bonds is 5. The van der Waals surface area contributed by atoms with Crippen molar-refractivity contribution in [2.75, 3.05) is 7.05 Å². The molecule has 1 aliphatic rings. The summed E-state index contributed by atoms with van der Waals surface area (Å²) in [5.74, 6) is -0.731. The summed E-state index contributed by atoms with van der Waals surface area (Å²) < 4.78 is 83.3. The molecule has 2 aromatic carbocycles. The van der Waals surface area contributed by atoms with Crippen LogP contribution < -0.4 is 5.48 Å². The molecule has 35 heavy (non-hydrogen) atoms. The van der Waals surface area contributed by atoms with Gasteiger partial charge in [0.05, 0.1) is 17.2 Å². The summed E-state index contributed by atoms with van der Waals surface area (Å²) in [7, 11) is 1.41. The molecule has 0 aliphatic heterocycles. The summed E-state index contributed by atoms with van der Waals surface area (Å²) in [4.78, 5) is 25.0. The predicted molar refractivity (Wildman–Crippen MR) is 111 cm³/mol. The lowest BCUT2D eigenvalue weighted by Crippen LogP contribution is -2.30. The van der Waals surface area contributed by atoms with Gasteiger partial charge in [-0.1, -0.05) is 12.1 Å². The first-order valence-corrected chi connectivity index (χ1v) is 10.2. The molecule has 0 bridgehead atoms. The molecular formula is C23H20F6N2O4. The van der Waals surface area contributed by atoms with Crippen molar-refractivity contribution in [3.63, 3.8) is 0 Å². The minimum absolute atomic E-state index is 0.00310. The fourth-order valence-electron chi connectivity index (χ4n) is 3.79. The SMILES string of the molecule is CN(C(=O)OCc1cc(C(F)(F)F)cc(C(F)(F)F)c1)C1CCc2ccc(/C=C/C(=O)NO)cc21. The van der Waals surface area contributed by atoms with Crippen LogP contribution in [0.4, 0.5) is 31.1 Å². The van der Waals surface area contributed by atoms with Gasteiger partial charge < -0.3 is 9.64 Å². The highest BCUT2D eigenvalue weighted by atomic mass is 19.4. The minimum Gasteiger partial charge on any atom is -0.445 e. The molecule has 1 aliphatic carbocycles. The number of ether oxygens (including phenoxy) is 1. The quantitative estimate of drug-likeness (QED) is 0.245. The Bertz CT molecular complexity index is 1110. The molecule has 0 heterocycles. The zero-order valence-electron chi connectivity index (χ0n) is 18.2. The number of benzene rings is 2. The van der Waals surface area contributed by atoms with E-state index in [4.69, 9.17) is 9.94 Å². The van der Waals surface area contributed by atoms with Gasteiger partial charge in [-0.05, 0) is 65.4 Å². The molecule has 2 amide bonds. The molecule has 1 atom stereocenters. The van der Waals surface area contributed by atoms with Crippen molar-refractivity contribution < 1.29 is 45.9 Å². The Morgan fingerprint density at radius 1 is 1.09 bits per heavy atom. The van der Waals surface area contributed by atoms with E-state index in [0.717, 1.165) is 17.2 Å². The Hall–Kier alpha value is -3.54. The van der Waals surface area contributed by atoms with Crippen LogP contribution in [0.3, 0.4) is 0 Å². The number of hydroxylamine groups is 1. The van der Waals surface area contributed by atoms with Gasteiger partial charge in [-0.25, -0.2) is 10.3 Å². The number of hydrogen-bond donors (Lipinski definition) is 2. The van der Waals surface area contributed by atoms with Gasteiger partial charge in [-0.3, -0.25) is 10.0 Å². The van der Waals surface area contributed by atoms with Crippen LogP contribution in [0.25, 0.3) is 6.08 Å². The average molecular weight is 502 g/mol. The topological polar surface area (TPSA) is 78.9 Å².